The molecule has 0 amide bonds. The van der Waals surface area contributed by atoms with Crippen LogP contribution in [0.1, 0.15) is 212 Å². The van der Waals surface area contributed by atoms with E-state index in [1.165, 1.54) is 37.9 Å². The van der Waals surface area contributed by atoms with Gasteiger partial charge >= 0.3 is 0 Å². The first-order valence-electron chi connectivity index (χ1n) is 28.6. The molecular weight excluding hydrogens is 1250 g/mol. The maximum absolute atomic E-state index is 13.6. The van der Waals surface area contributed by atoms with Gasteiger partial charge in [-0.25, -0.2) is 4.39 Å². The van der Waals surface area contributed by atoms with Crippen molar-refractivity contribution in [1.29, 1.82) is 0 Å². The first kappa shape index (κ1) is 79.0. The molecule has 0 aliphatic carbocycles. The highest BCUT2D eigenvalue weighted by molar-refractivity contribution is 9.10. The third kappa shape index (κ3) is 27.2. The van der Waals surface area contributed by atoms with Gasteiger partial charge in [-0.1, -0.05) is 327 Å². The van der Waals surface area contributed by atoms with E-state index in [2.05, 4.69) is 233 Å². The number of aryl methyl sites for hydroxylation is 5. The molecule has 0 fully saturated rings. The third-order valence-corrected chi connectivity index (χ3v) is 16.7. The van der Waals surface area contributed by atoms with Crippen molar-refractivity contribution >= 4 is 97.1 Å². The van der Waals surface area contributed by atoms with E-state index in [4.69, 9.17) is 81.2 Å². The summed E-state index contributed by atoms with van der Waals surface area (Å²) in [6.45, 7) is 55.0. The molecule has 7 aromatic carbocycles. The van der Waals surface area contributed by atoms with Crippen molar-refractivity contribution in [3.05, 3.63) is 240 Å². The molecule has 7 aromatic rings. The van der Waals surface area contributed by atoms with Crippen LogP contribution in [0.4, 0.5) is 4.39 Å². The lowest BCUT2D eigenvalue weighted by atomic mass is 9.86. The van der Waals surface area contributed by atoms with Crippen molar-refractivity contribution < 1.29 is 4.39 Å². The Morgan fingerprint density at radius 1 is 0.298 bits per heavy atom. The van der Waals surface area contributed by atoms with Gasteiger partial charge in [-0.15, -0.1) is 0 Å². The van der Waals surface area contributed by atoms with Crippen molar-refractivity contribution in [3.8, 4) is 0 Å². The molecule has 0 nitrogen and oxygen atoms in total. The second-order valence-corrected chi connectivity index (χ2v) is 32.5. The van der Waals surface area contributed by atoms with Gasteiger partial charge in [-0.05, 0) is 182 Å². The second-order valence-electron chi connectivity index (χ2n) is 28.8. The van der Waals surface area contributed by atoms with Crippen LogP contribution in [0, 0.1) is 40.4 Å². The Hall–Kier alpha value is -3.02. The van der Waals surface area contributed by atoms with Gasteiger partial charge in [0, 0.05) is 34.6 Å². The van der Waals surface area contributed by atoms with Gasteiger partial charge < -0.3 is 0 Å². The number of hydrogen-bond donors (Lipinski definition) is 0. The van der Waals surface area contributed by atoms with Crippen LogP contribution in [0.25, 0.3) is 0 Å². The number of hydrogen-bond acceptors (Lipinski definition) is 0. The molecule has 0 aliphatic heterocycles. The first-order chi connectivity index (χ1) is 37.9. The summed E-state index contributed by atoms with van der Waals surface area (Å²) in [5, 5.41) is 5.00. The van der Waals surface area contributed by atoms with Crippen LogP contribution >= 0.6 is 97.1 Å². The van der Waals surface area contributed by atoms with E-state index in [0.29, 0.717) is 11.0 Å². The van der Waals surface area contributed by atoms with Gasteiger partial charge in [-0.2, -0.15) is 0 Å². The van der Waals surface area contributed by atoms with Crippen LogP contribution in [-0.2, 0) is 37.9 Å². The molecule has 0 N–H and O–H groups in total. The normalized spacial score (nSPS) is 11.8. The molecule has 7 rings (SSSR count). The Labute approximate surface area is 554 Å². The van der Waals surface area contributed by atoms with Crippen molar-refractivity contribution in [3.63, 3.8) is 0 Å². The van der Waals surface area contributed by atoms with E-state index >= 15 is 0 Å². The number of halogens is 9. The molecule has 84 heavy (non-hydrogen) atoms. The van der Waals surface area contributed by atoms with Crippen LogP contribution in [-0.4, -0.2) is 0 Å². The van der Waals surface area contributed by atoms with Crippen molar-refractivity contribution in [1.82, 2.24) is 0 Å². The summed E-state index contributed by atoms with van der Waals surface area (Å²) in [5.41, 5.74) is 14.3. The molecule has 0 unspecified atom stereocenters. The maximum atomic E-state index is 13.6. The van der Waals surface area contributed by atoms with Crippen LogP contribution in [0.15, 0.2) is 132 Å². The number of rotatable bonds is 0. The lowest BCUT2D eigenvalue weighted by molar-refractivity contribution is 0.522. The zero-order valence-corrected chi connectivity index (χ0v) is 62.4. The maximum Gasteiger partial charge on any atom is 0.145 e. The van der Waals surface area contributed by atoms with Crippen LogP contribution in [0.3, 0.4) is 0 Å². The predicted octanol–water partition coefficient (Wildman–Crippen LogP) is 27.9. The molecule has 0 aliphatic rings. The topological polar surface area (TPSA) is 0 Å². The summed E-state index contributed by atoms with van der Waals surface area (Å²) < 4.78 is 14.8. The minimum absolute atomic E-state index is 0.00185. The summed E-state index contributed by atoms with van der Waals surface area (Å²) >= 11 is 45.8. The molecule has 0 saturated carbocycles. The Morgan fingerprint density at radius 2 is 0.690 bits per heavy atom. The van der Waals surface area contributed by atoms with Gasteiger partial charge in [0.15, 0.2) is 0 Å². The minimum atomic E-state index is -0.283. The van der Waals surface area contributed by atoms with Gasteiger partial charge in [0.2, 0.25) is 0 Å². The SMILES string of the molecule is CC(C)(C)c1c(Cl)cccc1Cl.CC(C)(C)c1ccccc1.Cc1cc(C(C)(C)C)ccc1Br.Cc1cc(Cl)c(C(C)(C)C)c(Cl)c1.Cc1ccc(C(C)(C)C)c(Cl)c1.Cc1ccc(C(C)(C)C)c(F)c1Cl.Cc1ccc(C(C)(C)C)cc1Cl. The van der Waals surface area contributed by atoms with Gasteiger partial charge in [-0.3, -0.25) is 0 Å². The fourth-order valence-electron chi connectivity index (χ4n) is 8.19. The Bertz CT molecular complexity index is 3080. The highest BCUT2D eigenvalue weighted by Gasteiger charge is 2.23. The standard InChI is InChI=1S/C11H15Br.C11H14Cl2.C11H14ClF.2C11H15Cl.C10H12Cl2.C10H14/c1-8-7-9(11(2,3)4)5-6-10(8)12;1-7-5-8(12)10(9(13)6-7)11(2,3)4;1-7-5-6-8(11(2,3)4)10(13)9(7)12;1-8-5-6-9(7-10(8)12)11(2,3)4;1-8-5-6-9(10(12)7-8)11(2,3)4;1-10(2,3)9-7(11)5-4-6-8(9)12;1-10(2,3)9-7-5-4-6-8-9/h5-7H,1-4H3;2*5-6H,1-4H3;2*5-7H,1-4H3;4-6H,1-3H3;4-8H,1-3H3. The van der Waals surface area contributed by atoms with E-state index in [9.17, 15) is 4.39 Å². The van der Waals surface area contributed by atoms with Crippen molar-refractivity contribution in [2.24, 2.45) is 0 Å². The van der Waals surface area contributed by atoms with Crippen LogP contribution in [0.2, 0.25) is 35.2 Å². The quantitative estimate of drug-likeness (QED) is 0.142. The zero-order chi connectivity index (χ0) is 65.5. The van der Waals surface area contributed by atoms with E-state index in [-0.39, 0.29) is 43.3 Å². The van der Waals surface area contributed by atoms with Crippen molar-refractivity contribution in [2.45, 2.75) is 218 Å². The molecule has 9 heteroatoms. The average molecular weight is 1350 g/mol. The molecule has 0 heterocycles. The largest absolute Gasteiger partial charge is 0.205 e. The van der Waals surface area contributed by atoms with E-state index in [1.54, 1.807) is 13.0 Å². The molecule has 0 saturated heterocycles. The Morgan fingerprint density at radius 3 is 1.06 bits per heavy atom. The minimum Gasteiger partial charge on any atom is -0.205 e. The summed E-state index contributed by atoms with van der Waals surface area (Å²) in [6.07, 6.45) is 0. The molecule has 0 spiro atoms. The lowest BCUT2D eigenvalue weighted by Gasteiger charge is -2.22. The van der Waals surface area contributed by atoms with E-state index in [0.717, 1.165) is 58.0 Å². The number of benzene rings is 7. The molecule has 0 bridgehead atoms. The Kier molecular flexibility index (Phi) is 31.0. The summed E-state index contributed by atoms with van der Waals surface area (Å²) in [5.74, 6) is -0.283. The van der Waals surface area contributed by atoms with Gasteiger partial charge in [0.1, 0.15) is 5.82 Å². The van der Waals surface area contributed by atoms with E-state index in [1.807, 2.05) is 77.1 Å². The molecular formula is C75H99BrCl7F. The molecule has 0 radical (unpaired) electrons. The average Bonchev–Trinajstić information content (AvgIpc) is 3.53. The zero-order valence-electron chi connectivity index (χ0n) is 55.5. The van der Waals surface area contributed by atoms with Crippen LogP contribution < -0.4 is 0 Å². The highest BCUT2D eigenvalue weighted by atomic mass is 79.9. The summed E-state index contributed by atoms with van der Waals surface area (Å²) in [4.78, 5) is 0. The second kappa shape index (κ2) is 33.0. The smallest absolute Gasteiger partial charge is 0.145 e. The fraction of sp³-hybridized carbons (Fsp3) is 0.440. The van der Waals surface area contributed by atoms with Crippen molar-refractivity contribution in [2.75, 3.05) is 0 Å². The molecule has 462 valence electrons. The van der Waals surface area contributed by atoms with E-state index < -0.39 is 0 Å². The Balaban J connectivity index is 0.000000491. The highest BCUT2D eigenvalue weighted by Crippen LogP contribution is 2.38. The fourth-order valence-corrected chi connectivity index (χ4v) is 11.4. The summed E-state index contributed by atoms with van der Waals surface area (Å²) in [6, 6.07) is 42.7. The predicted molar refractivity (Wildman–Crippen MR) is 382 cm³/mol. The third-order valence-electron chi connectivity index (χ3n) is 13.4. The monoisotopic (exact) mass is 1340 g/mol. The molecule has 0 atom stereocenters. The van der Waals surface area contributed by atoms with Crippen LogP contribution in [0.5, 0.6) is 0 Å². The van der Waals surface area contributed by atoms with Gasteiger partial charge in [0.25, 0.3) is 0 Å². The first-order valence-corrected chi connectivity index (χ1v) is 32.1. The lowest BCUT2D eigenvalue weighted by Crippen LogP contribution is -2.13. The van der Waals surface area contributed by atoms with Gasteiger partial charge in [0.05, 0.1) is 5.02 Å². The molecule has 0 aromatic heterocycles. The summed E-state index contributed by atoms with van der Waals surface area (Å²) in [7, 11) is 0.